The molecule has 4 nitrogen and oxygen atoms in total. The van der Waals surface area contributed by atoms with Gasteiger partial charge in [-0.3, -0.25) is 4.79 Å². The molecule has 3 N–H and O–H groups in total. The molecule has 114 valence electrons. The van der Waals surface area contributed by atoms with Crippen LogP contribution in [0.3, 0.4) is 0 Å². The van der Waals surface area contributed by atoms with Crippen LogP contribution in [-0.2, 0) is 4.79 Å². The molecule has 0 radical (unpaired) electrons. The van der Waals surface area contributed by atoms with Gasteiger partial charge in [0, 0.05) is 6.54 Å². The molecule has 0 aromatic heterocycles. The summed E-state index contributed by atoms with van der Waals surface area (Å²) in [4.78, 5) is 14.3. The van der Waals surface area contributed by atoms with Crippen LogP contribution in [0, 0.1) is 0 Å². The lowest BCUT2D eigenvalue weighted by Gasteiger charge is -2.27. The molecule has 1 unspecified atom stereocenters. The summed E-state index contributed by atoms with van der Waals surface area (Å²) < 4.78 is 0. The Balaban J connectivity index is 0.00000324. The number of likely N-dealkylation sites (tertiary alicyclic amines) is 1. The van der Waals surface area contributed by atoms with Gasteiger partial charge in [0.15, 0.2) is 0 Å². The van der Waals surface area contributed by atoms with Crippen molar-refractivity contribution in [3.05, 3.63) is 0 Å². The highest BCUT2D eigenvalue weighted by Crippen LogP contribution is 2.09. The van der Waals surface area contributed by atoms with Gasteiger partial charge in [0.1, 0.15) is 0 Å². The minimum atomic E-state index is -0.708. The van der Waals surface area contributed by atoms with Gasteiger partial charge in [-0.05, 0) is 52.2 Å². The second kappa shape index (κ2) is 9.56. The SMILES string of the molecule is CCCC(C)(N)C(=O)NCCCN1CCCCC1.Cl. The fourth-order valence-electron chi connectivity index (χ4n) is 2.52. The molecule has 1 rings (SSSR count). The Labute approximate surface area is 123 Å². The third kappa shape index (κ3) is 7.14. The summed E-state index contributed by atoms with van der Waals surface area (Å²) in [5.74, 6) is -0.0111. The van der Waals surface area contributed by atoms with Crippen molar-refractivity contribution in [1.29, 1.82) is 0 Å². The Hall–Kier alpha value is -0.320. The number of nitrogens with zero attached hydrogens (tertiary/aromatic N) is 1. The normalized spacial score (nSPS) is 19.3. The summed E-state index contributed by atoms with van der Waals surface area (Å²) in [6, 6.07) is 0. The van der Waals surface area contributed by atoms with Gasteiger partial charge in [0.05, 0.1) is 5.54 Å². The Bertz CT molecular complexity index is 253. The van der Waals surface area contributed by atoms with Crippen molar-refractivity contribution in [2.24, 2.45) is 5.73 Å². The molecule has 0 saturated carbocycles. The first-order chi connectivity index (χ1) is 8.56. The maximum atomic E-state index is 11.9. The third-order valence-electron chi connectivity index (χ3n) is 3.67. The van der Waals surface area contributed by atoms with E-state index in [-0.39, 0.29) is 18.3 Å². The topological polar surface area (TPSA) is 58.4 Å². The molecule has 1 aliphatic rings. The van der Waals surface area contributed by atoms with E-state index in [1.54, 1.807) is 0 Å². The van der Waals surface area contributed by atoms with Crippen LogP contribution >= 0.6 is 12.4 Å². The Morgan fingerprint density at radius 2 is 1.95 bits per heavy atom. The minimum absolute atomic E-state index is 0. The first-order valence-corrected chi connectivity index (χ1v) is 7.36. The molecule has 1 heterocycles. The van der Waals surface area contributed by atoms with Gasteiger partial charge in [0.2, 0.25) is 5.91 Å². The lowest BCUT2D eigenvalue weighted by Crippen LogP contribution is -2.51. The number of halogens is 1. The number of amides is 1. The zero-order chi connectivity index (χ0) is 13.4. The lowest BCUT2D eigenvalue weighted by molar-refractivity contribution is -0.126. The maximum absolute atomic E-state index is 11.9. The molecule has 1 amide bonds. The zero-order valence-corrected chi connectivity index (χ0v) is 13.2. The van der Waals surface area contributed by atoms with Crippen LogP contribution < -0.4 is 11.1 Å². The van der Waals surface area contributed by atoms with E-state index >= 15 is 0 Å². The number of piperidine rings is 1. The molecule has 0 spiro atoms. The number of carbonyl (C=O) groups excluding carboxylic acids is 1. The molecule has 1 atom stereocenters. The first kappa shape index (κ1) is 18.7. The fraction of sp³-hybridized carbons (Fsp3) is 0.929. The largest absolute Gasteiger partial charge is 0.354 e. The van der Waals surface area contributed by atoms with Crippen LogP contribution in [0.4, 0.5) is 0 Å². The average Bonchev–Trinajstić information content (AvgIpc) is 2.35. The van der Waals surface area contributed by atoms with Crippen molar-refractivity contribution in [2.75, 3.05) is 26.2 Å². The number of carbonyl (C=O) groups is 1. The van der Waals surface area contributed by atoms with Crippen molar-refractivity contribution < 1.29 is 4.79 Å². The summed E-state index contributed by atoms with van der Waals surface area (Å²) in [5.41, 5.74) is 5.26. The van der Waals surface area contributed by atoms with Crippen molar-refractivity contribution in [3.8, 4) is 0 Å². The van der Waals surface area contributed by atoms with E-state index in [0.29, 0.717) is 0 Å². The molecule has 1 saturated heterocycles. The second-order valence-electron chi connectivity index (χ2n) is 5.68. The maximum Gasteiger partial charge on any atom is 0.239 e. The van der Waals surface area contributed by atoms with Crippen molar-refractivity contribution >= 4 is 18.3 Å². The number of hydrogen-bond donors (Lipinski definition) is 2. The summed E-state index contributed by atoms with van der Waals surface area (Å²) in [6.07, 6.45) is 6.72. The number of nitrogens with two attached hydrogens (primary N) is 1. The second-order valence-corrected chi connectivity index (χ2v) is 5.68. The quantitative estimate of drug-likeness (QED) is 0.705. The van der Waals surface area contributed by atoms with E-state index in [2.05, 4.69) is 17.1 Å². The van der Waals surface area contributed by atoms with Crippen LogP contribution in [0.1, 0.15) is 52.4 Å². The smallest absolute Gasteiger partial charge is 0.239 e. The highest BCUT2D eigenvalue weighted by atomic mass is 35.5. The molecule has 5 heteroatoms. The van der Waals surface area contributed by atoms with E-state index in [4.69, 9.17) is 5.73 Å². The van der Waals surface area contributed by atoms with E-state index in [1.807, 2.05) is 6.92 Å². The predicted octanol–water partition coefficient (Wildman–Crippen LogP) is 1.92. The monoisotopic (exact) mass is 291 g/mol. The Kier molecular flexibility index (Phi) is 9.40. The van der Waals surface area contributed by atoms with Gasteiger partial charge in [-0.25, -0.2) is 0 Å². The van der Waals surface area contributed by atoms with Gasteiger partial charge in [0.25, 0.3) is 0 Å². The molecule has 0 aromatic carbocycles. The fourth-order valence-corrected chi connectivity index (χ4v) is 2.52. The van der Waals surface area contributed by atoms with Gasteiger partial charge >= 0.3 is 0 Å². The van der Waals surface area contributed by atoms with Crippen LogP contribution in [0.5, 0.6) is 0 Å². The van der Waals surface area contributed by atoms with Crippen LogP contribution in [0.2, 0.25) is 0 Å². The van der Waals surface area contributed by atoms with Crippen LogP contribution in [0.15, 0.2) is 0 Å². The van der Waals surface area contributed by atoms with E-state index in [1.165, 1.54) is 32.4 Å². The first-order valence-electron chi connectivity index (χ1n) is 7.36. The molecule has 0 bridgehead atoms. The van der Waals surface area contributed by atoms with Gasteiger partial charge in [-0.15, -0.1) is 12.4 Å². The highest BCUT2D eigenvalue weighted by Gasteiger charge is 2.26. The molecule has 0 aromatic rings. The lowest BCUT2D eigenvalue weighted by atomic mass is 9.96. The number of hydrogen-bond acceptors (Lipinski definition) is 3. The molecule has 0 aliphatic carbocycles. The van der Waals surface area contributed by atoms with Crippen molar-refractivity contribution in [2.45, 2.75) is 57.9 Å². The molecular formula is C14H30ClN3O. The van der Waals surface area contributed by atoms with Crippen LogP contribution in [0.25, 0.3) is 0 Å². The van der Waals surface area contributed by atoms with E-state index < -0.39 is 5.54 Å². The standard InChI is InChI=1S/C14H29N3O.ClH/c1-3-8-14(2,15)13(18)16-9-7-12-17-10-5-4-6-11-17;/h3-12,15H2,1-2H3,(H,16,18);1H. The summed E-state index contributed by atoms with van der Waals surface area (Å²) in [7, 11) is 0. The van der Waals surface area contributed by atoms with Crippen LogP contribution in [-0.4, -0.2) is 42.5 Å². The number of rotatable bonds is 7. The Morgan fingerprint density at radius 1 is 1.32 bits per heavy atom. The summed E-state index contributed by atoms with van der Waals surface area (Å²) >= 11 is 0. The Morgan fingerprint density at radius 3 is 2.53 bits per heavy atom. The average molecular weight is 292 g/mol. The van der Waals surface area contributed by atoms with Gasteiger partial charge in [-0.2, -0.15) is 0 Å². The predicted molar refractivity (Wildman–Crippen MR) is 82.7 cm³/mol. The van der Waals surface area contributed by atoms with E-state index in [9.17, 15) is 4.79 Å². The van der Waals surface area contributed by atoms with Crippen molar-refractivity contribution in [1.82, 2.24) is 10.2 Å². The minimum Gasteiger partial charge on any atom is -0.354 e. The molecule has 19 heavy (non-hydrogen) atoms. The van der Waals surface area contributed by atoms with Gasteiger partial charge in [-0.1, -0.05) is 19.8 Å². The highest BCUT2D eigenvalue weighted by molar-refractivity contribution is 5.85. The van der Waals surface area contributed by atoms with Crippen molar-refractivity contribution in [3.63, 3.8) is 0 Å². The summed E-state index contributed by atoms with van der Waals surface area (Å²) in [5, 5.41) is 2.96. The molecule has 1 aliphatic heterocycles. The molecule has 1 fully saturated rings. The van der Waals surface area contributed by atoms with Gasteiger partial charge < -0.3 is 16.0 Å². The summed E-state index contributed by atoms with van der Waals surface area (Å²) in [6.45, 7) is 8.14. The third-order valence-corrected chi connectivity index (χ3v) is 3.67. The molecular weight excluding hydrogens is 262 g/mol. The van der Waals surface area contributed by atoms with E-state index in [0.717, 1.165) is 32.4 Å². The zero-order valence-electron chi connectivity index (χ0n) is 12.4. The number of nitrogens with one attached hydrogen (secondary N) is 1.